The van der Waals surface area contributed by atoms with Crippen LogP contribution in [0.1, 0.15) is 11.3 Å². The Bertz CT molecular complexity index is 443. The minimum Gasteiger partial charge on any atom is -0.238 e. The van der Waals surface area contributed by atoms with Gasteiger partial charge in [0.25, 0.3) is 0 Å². The van der Waals surface area contributed by atoms with E-state index >= 15 is 0 Å². The van der Waals surface area contributed by atoms with Gasteiger partial charge in [0.15, 0.2) is 0 Å². The molecule has 2 nitrogen and oxygen atoms in total. The fraction of sp³-hybridized carbons (Fsp3) is 0.182. The topological polar surface area (TPSA) is 17.8 Å². The summed E-state index contributed by atoms with van der Waals surface area (Å²) in [6.45, 7) is 3.99. The largest absolute Gasteiger partial charge is 0.238 e. The average Bonchev–Trinajstić information content (AvgIpc) is 2.50. The van der Waals surface area contributed by atoms with Crippen molar-refractivity contribution in [3.05, 3.63) is 47.5 Å². The van der Waals surface area contributed by atoms with Gasteiger partial charge in [-0.2, -0.15) is 5.10 Å². The molecule has 0 aliphatic heterocycles. The summed E-state index contributed by atoms with van der Waals surface area (Å²) in [6.07, 6.45) is 1.80. The fourth-order valence-electron chi connectivity index (χ4n) is 1.33. The van der Waals surface area contributed by atoms with Crippen molar-refractivity contribution in [3.63, 3.8) is 0 Å². The summed E-state index contributed by atoms with van der Waals surface area (Å²) in [5.74, 6) is -0.227. The number of aromatic nitrogens is 2. The Labute approximate surface area is 82.0 Å². The van der Waals surface area contributed by atoms with Crippen LogP contribution < -0.4 is 0 Å². The summed E-state index contributed by atoms with van der Waals surface area (Å²) >= 11 is 0. The highest BCUT2D eigenvalue weighted by atomic mass is 19.1. The lowest BCUT2D eigenvalue weighted by Gasteiger charge is -2.03. The molecule has 1 aromatic heterocycles. The van der Waals surface area contributed by atoms with Crippen molar-refractivity contribution >= 4 is 0 Å². The third-order valence-corrected chi connectivity index (χ3v) is 2.33. The molecular weight excluding hydrogens is 179 g/mol. The zero-order valence-electron chi connectivity index (χ0n) is 8.16. The van der Waals surface area contributed by atoms with Crippen LogP contribution in [0.15, 0.2) is 30.5 Å². The number of rotatable bonds is 1. The molecule has 0 saturated carbocycles. The highest BCUT2D eigenvalue weighted by Crippen LogP contribution is 2.13. The maximum Gasteiger partial charge on any atom is 0.123 e. The Kier molecular flexibility index (Phi) is 2.08. The second-order valence-electron chi connectivity index (χ2n) is 3.30. The molecule has 0 amide bonds. The van der Waals surface area contributed by atoms with Crippen molar-refractivity contribution in [1.29, 1.82) is 0 Å². The smallest absolute Gasteiger partial charge is 0.123 e. The number of benzene rings is 1. The lowest BCUT2D eigenvalue weighted by atomic mass is 10.3. The van der Waals surface area contributed by atoms with E-state index in [9.17, 15) is 4.39 Å². The maximum absolute atomic E-state index is 12.7. The lowest BCUT2D eigenvalue weighted by molar-refractivity contribution is 0.627. The SMILES string of the molecule is Cc1cnn(-c2ccc(F)cc2)c1C. The molecule has 0 N–H and O–H groups in total. The predicted octanol–water partition coefficient (Wildman–Crippen LogP) is 2.63. The van der Waals surface area contributed by atoms with E-state index in [1.54, 1.807) is 23.0 Å². The molecule has 0 fully saturated rings. The lowest BCUT2D eigenvalue weighted by Crippen LogP contribution is -1.98. The first-order chi connectivity index (χ1) is 6.68. The summed E-state index contributed by atoms with van der Waals surface area (Å²) in [7, 11) is 0. The van der Waals surface area contributed by atoms with Gasteiger partial charge < -0.3 is 0 Å². The number of nitrogens with zero attached hydrogens (tertiary/aromatic N) is 2. The third kappa shape index (κ3) is 1.41. The van der Waals surface area contributed by atoms with E-state index < -0.39 is 0 Å². The molecule has 14 heavy (non-hydrogen) atoms. The average molecular weight is 190 g/mol. The second-order valence-corrected chi connectivity index (χ2v) is 3.30. The van der Waals surface area contributed by atoms with Crippen LogP contribution in [0.25, 0.3) is 5.69 Å². The van der Waals surface area contributed by atoms with Crippen LogP contribution in [0.2, 0.25) is 0 Å². The Morgan fingerprint density at radius 2 is 1.79 bits per heavy atom. The molecule has 0 aliphatic rings. The van der Waals surface area contributed by atoms with Crippen molar-refractivity contribution < 1.29 is 4.39 Å². The van der Waals surface area contributed by atoms with Gasteiger partial charge in [-0.05, 0) is 43.7 Å². The van der Waals surface area contributed by atoms with Crippen LogP contribution in [-0.4, -0.2) is 9.78 Å². The van der Waals surface area contributed by atoms with Crippen LogP contribution in [0, 0.1) is 19.7 Å². The molecule has 3 heteroatoms. The Balaban J connectivity index is 2.49. The van der Waals surface area contributed by atoms with Crippen LogP contribution in [0.3, 0.4) is 0 Å². The standard InChI is InChI=1S/C11H11FN2/c1-8-7-13-14(9(8)2)11-5-3-10(12)4-6-11/h3-7H,1-2H3. The molecule has 1 aromatic carbocycles. The first kappa shape index (κ1) is 8.94. The molecule has 2 aromatic rings. The van der Waals surface area contributed by atoms with Gasteiger partial charge in [-0.3, -0.25) is 0 Å². The maximum atomic E-state index is 12.7. The molecule has 0 unspecified atom stereocenters. The van der Waals surface area contributed by atoms with Gasteiger partial charge in [0, 0.05) is 5.69 Å². The fourth-order valence-corrected chi connectivity index (χ4v) is 1.33. The quantitative estimate of drug-likeness (QED) is 0.676. The van der Waals surface area contributed by atoms with Crippen LogP contribution in [-0.2, 0) is 0 Å². The van der Waals surface area contributed by atoms with E-state index in [2.05, 4.69) is 5.10 Å². The van der Waals surface area contributed by atoms with Gasteiger partial charge in [-0.1, -0.05) is 0 Å². The molecule has 2 rings (SSSR count). The number of aryl methyl sites for hydroxylation is 1. The molecule has 72 valence electrons. The summed E-state index contributed by atoms with van der Waals surface area (Å²) in [5.41, 5.74) is 3.10. The second kappa shape index (κ2) is 3.25. The third-order valence-electron chi connectivity index (χ3n) is 2.33. The van der Waals surface area contributed by atoms with Crippen LogP contribution in [0.5, 0.6) is 0 Å². The van der Waals surface area contributed by atoms with E-state index in [1.807, 2.05) is 13.8 Å². The first-order valence-corrected chi connectivity index (χ1v) is 4.45. The van der Waals surface area contributed by atoms with Crippen LogP contribution in [0.4, 0.5) is 4.39 Å². The van der Waals surface area contributed by atoms with E-state index in [4.69, 9.17) is 0 Å². The van der Waals surface area contributed by atoms with E-state index in [0.717, 1.165) is 16.9 Å². The van der Waals surface area contributed by atoms with Gasteiger partial charge in [0.2, 0.25) is 0 Å². The number of hydrogen-bond acceptors (Lipinski definition) is 1. The highest BCUT2D eigenvalue weighted by molar-refractivity contribution is 5.34. The van der Waals surface area contributed by atoms with Gasteiger partial charge in [0.05, 0.1) is 11.9 Å². The van der Waals surface area contributed by atoms with E-state index in [0.29, 0.717) is 0 Å². The molecular formula is C11H11FN2. The summed E-state index contributed by atoms with van der Waals surface area (Å²) in [4.78, 5) is 0. The van der Waals surface area contributed by atoms with E-state index in [-0.39, 0.29) is 5.82 Å². The number of halogens is 1. The molecule has 0 saturated heterocycles. The predicted molar refractivity (Wildman–Crippen MR) is 53.0 cm³/mol. The van der Waals surface area contributed by atoms with Crippen molar-refractivity contribution in [2.45, 2.75) is 13.8 Å². The van der Waals surface area contributed by atoms with E-state index in [1.165, 1.54) is 12.1 Å². The first-order valence-electron chi connectivity index (χ1n) is 4.45. The van der Waals surface area contributed by atoms with Crippen molar-refractivity contribution in [1.82, 2.24) is 9.78 Å². The summed E-state index contributed by atoms with van der Waals surface area (Å²) in [5, 5.41) is 4.21. The van der Waals surface area contributed by atoms with Crippen molar-refractivity contribution in [3.8, 4) is 5.69 Å². The minimum absolute atomic E-state index is 0.227. The van der Waals surface area contributed by atoms with Gasteiger partial charge in [-0.25, -0.2) is 9.07 Å². The van der Waals surface area contributed by atoms with Crippen molar-refractivity contribution in [2.75, 3.05) is 0 Å². The minimum atomic E-state index is -0.227. The summed E-state index contributed by atoms with van der Waals surface area (Å²) in [6, 6.07) is 6.31. The van der Waals surface area contributed by atoms with Gasteiger partial charge in [0.1, 0.15) is 5.82 Å². The molecule has 0 atom stereocenters. The number of hydrogen-bond donors (Lipinski definition) is 0. The molecule has 1 heterocycles. The molecule has 0 spiro atoms. The van der Waals surface area contributed by atoms with Crippen molar-refractivity contribution in [2.24, 2.45) is 0 Å². The monoisotopic (exact) mass is 190 g/mol. The van der Waals surface area contributed by atoms with Gasteiger partial charge in [-0.15, -0.1) is 0 Å². The Hall–Kier alpha value is -1.64. The molecule has 0 bridgehead atoms. The summed E-state index contributed by atoms with van der Waals surface area (Å²) < 4.78 is 14.5. The van der Waals surface area contributed by atoms with Crippen LogP contribution >= 0.6 is 0 Å². The Morgan fingerprint density at radius 1 is 1.14 bits per heavy atom. The zero-order valence-corrected chi connectivity index (χ0v) is 8.16. The highest BCUT2D eigenvalue weighted by Gasteiger charge is 2.03. The molecule has 0 aliphatic carbocycles. The Morgan fingerprint density at radius 3 is 2.29 bits per heavy atom. The molecule has 0 radical (unpaired) electrons. The zero-order chi connectivity index (χ0) is 10.1. The van der Waals surface area contributed by atoms with Gasteiger partial charge >= 0.3 is 0 Å². The normalized spacial score (nSPS) is 10.5.